The molecule has 1 rings (SSSR count). The Morgan fingerprint density at radius 1 is 1.29 bits per heavy atom. The van der Waals surface area contributed by atoms with E-state index in [2.05, 4.69) is 4.98 Å². The quantitative estimate of drug-likeness (QED) is 0.183. The number of rotatable bonds is 14. The van der Waals surface area contributed by atoms with Crippen LogP contribution in [-0.2, 0) is 34.4 Å². The summed E-state index contributed by atoms with van der Waals surface area (Å²) in [5.74, 6) is 1.21. The SMILES string of the molecule is CCOCCCOP(=O)(/C=C/CCn1cc(Cl)c(=O)[nH]c1=O)OCOC(=O)OC(C)C. The molecule has 0 saturated heterocycles. The first-order valence-electron chi connectivity index (χ1n) is 9.63. The van der Waals surface area contributed by atoms with E-state index in [1.807, 2.05) is 6.92 Å². The Kier molecular flexibility index (Phi) is 12.4. The van der Waals surface area contributed by atoms with Gasteiger partial charge in [-0.2, -0.15) is 0 Å². The predicted octanol–water partition coefficient (Wildman–Crippen LogP) is 3.27. The molecule has 0 amide bonds. The lowest BCUT2D eigenvalue weighted by atomic mass is 10.4. The number of H-pyrrole nitrogens is 1. The average molecular weight is 483 g/mol. The summed E-state index contributed by atoms with van der Waals surface area (Å²) in [5.41, 5.74) is -1.29. The predicted molar refractivity (Wildman–Crippen MR) is 113 cm³/mol. The second-order valence-corrected chi connectivity index (χ2v) is 8.64. The molecule has 176 valence electrons. The highest BCUT2D eigenvalue weighted by Crippen LogP contribution is 2.50. The Labute approximate surface area is 184 Å². The van der Waals surface area contributed by atoms with Crippen molar-refractivity contribution >= 4 is 25.4 Å². The summed E-state index contributed by atoms with van der Waals surface area (Å²) in [6.45, 7) is 5.75. The van der Waals surface area contributed by atoms with Crippen molar-refractivity contribution in [3.63, 3.8) is 0 Å². The van der Waals surface area contributed by atoms with Crippen LogP contribution in [0.15, 0.2) is 27.7 Å². The van der Waals surface area contributed by atoms with E-state index in [-0.39, 0.29) is 30.7 Å². The van der Waals surface area contributed by atoms with Crippen LogP contribution in [0.4, 0.5) is 4.79 Å². The third-order valence-corrected chi connectivity index (χ3v) is 5.29. The lowest BCUT2D eigenvalue weighted by molar-refractivity contribution is -0.0122. The van der Waals surface area contributed by atoms with E-state index in [0.29, 0.717) is 19.6 Å². The third kappa shape index (κ3) is 11.3. The molecule has 1 N–H and O–H groups in total. The van der Waals surface area contributed by atoms with Crippen molar-refractivity contribution in [2.45, 2.75) is 46.3 Å². The van der Waals surface area contributed by atoms with Crippen molar-refractivity contribution < 1.29 is 32.6 Å². The second kappa shape index (κ2) is 14.2. The number of aromatic amines is 1. The Balaban J connectivity index is 2.67. The first kappa shape index (κ1) is 27.1. The zero-order valence-corrected chi connectivity index (χ0v) is 19.4. The number of ether oxygens (including phenoxy) is 3. The van der Waals surface area contributed by atoms with Crippen molar-refractivity contribution in [2.24, 2.45) is 0 Å². The zero-order valence-electron chi connectivity index (χ0n) is 17.7. The van der Waals surface area contributed by atoms with Gasteiger partial charge in [0.2, 0.25) is 6.79 Å². The van der Waals surface area contributed by atoms with Crippen LogP contribution in [0.1, 0.15) is 33.6 Å². The number of aromatic nitrogens is 2. The van der Waals surface area contributed by atoms with Gasteiger partial charge in [-0.15, -0.1) is 0 Å². The van der Waals surface area contributed by atoms with E-state index in [1.165, 1.54) is 22.7 Å². The minimum atomic E-state index is -3.75. The van der Waals surface area contributed by atoms with Crippen molar-refractivity contribution in [3.05, 3.63) is 44.0 Å². The maximum Gasteiger partial charge on any atom is 0.510 e. The van der Waals surface area contributed by atoms with Crippen LogP contribution in [0.2, 0.25) is 5.02 Å². The van der Waals surface area contributed by atoms with Gasteiger partial charge in [-0.1, -0.05) is 17.7 Å². The first-order valence-corrected chi connectivity index (χ1v) is 11.6. The summed E-state index contributed by atoms with van der Waals surface area (Å²) in [6, 6.07) is 0. The number of carbonyl (C=O) groups is 1. The Hall–Kier alpha value is -1.91. The number of hydrogen-bond acceptors (Lipinski definition) is 9. The summed E-state index contributed by atoms with van der Waals surface area (Å²) in [7, 11) is -3.75. The molecular formula is C18H28ClN2O9P. The molecular weight excluding hydrogens is 455 g/mol. The molecule has 13 heteroatoms. The average Bonchev–Trinajstić information content (AvgIpc) is 2.68. The maximum absolute atomic E-state index is 12.9. The maximum atomic E-state index is 12.9. The fraction of sp³-hybridized carbons (Fsp3) is 0.611. The molecule has 1 aromatic heterocycles. The number of hydrogen-bond donors (Lipinski definition) is 1. The normalized spacial score (nSPS) is 13.5. The van der Waals surface area contributed by atoms with Gasteiger partial charge in [-0.05, 0) is 33.6 Å². The van der Waals surface area contributed by atoms with Gasteiger partial charge in [0, 0.05) is 31.8 Å². The fourth-order valence-corrected chi connectivity index (χ4v) is 3.46. The van der Waals surface area contributed by atoms with Gasteiger partial charge in [-0.3, -0.25) is 23.4 Å². The van der Waals surface area contributed by atoms with Gasteiger partial charge >= 0.3 is 19.4 Å². The summed E-state index contributed by atoms with van der Waals surface area (Å²) < 4.78 is 39.3. The van der Waals surface area contributed by atoms with Crippen LogP contribution < -0.4 is 11.2 Å². The standard InChI is InChI=1S/C18H28ClN2O9P/c1-4-26-9-7-10-28-31(25,29-13-27-18(24)30-14(2)3)11-6-5-8-21-12-15(19)16(22)20-17(21)23/h6,11-12,14H,4-5,7-10,13H2,1-3H3,(H,20,22,23)/b11-6+. The number of carbonyl (C=O) groups excluding carboxylic acids is 1. The zero-order chi connectivity index (χ0) is 23.3. The summed E-state index contributed by atoms with van der Waals surface area (Å²) in [4.78, 5) is 36.5. The van der Waals surface area contributed by atoms with Gasteiger partial charge in [-0.25, -0.2) is 9.59 Å². The van der Waals surface area contributed by atoms with E-state index in [9.17, 15) is 18.9 Å². The fourth-order valence-electron chi connectivity index (χ4n) is 2.06. The van der Waals surface area contributed by atoms with Gasteiger partial charge in [0.1, 0.15) is 5.02 Å². The number of halogens is 1. The molecule has 0 aliphatic heterocycles. The molecule has 0 spiro atoms. The molecule has 1 atom stereocenters. The van der Waals surface area contributed by atoms with Gasteiger partial charge in [0.25, 0.3) is 5.56 Å². The number of aryl methyl sites for hydroxylation is 1. The van der Waals surface area contributed by atoms with E-state index in [1.54, 1.807) is 13.8 Å². The molecule has 0 aliphatic carbocycles. The largest absolute Gasteiger partial charge is 0.510 e. The molecule has 0 bridgehead atoms. The van der Waals surface area contributed by atoms with Crippen LogP contribution in [-0.4, -0.2) is 48.4 Å². The highest BCUT2D eigenvalue weighted by Gasteiger charge is 2.22. The van der Waals surface area contributed by atoms with Crippen molar-refractivity contribution in [3.8, 4) is 0 Å². The van der Waals surface area contributed by atoms with Crippen LogP contribution in [0.5, 0.6) is 0 Å². The molecule has 31 heavy (non-hydrogen) atoms. The molecule has 1 heterocycles. The molecule has 0 radical (unpaired) electrons. The van der Waals surface area contributed by atoms with Crippen LogP contribution >= 0.6 is 19.2 Å². The molecule has 11 nitrogen and oxygen atoms in total. The summed E-state index contributed by atoms with van der Waals surface area (Å²) in [5, 5.41) is -0.124. The Bertz CT molecular complexity index is 882. The Morgan fingerprint density at radius 2 is 2.03 bits per heavy atom. The van der Waals surface area contributed by atoms with Crippen molar-refractivity contribution in [2.75, 3.05) is 26.6 Å². The van der Waals surface area contributed by atoms with Gasteiger partial charge < -0.3 is 18.7 Å². The monoisotopic (exact) mass is 482 g/mol. The van der Waals surface area contributed by atoms with Crippen LogP contribution in [0, 0.1) is 0 Å². The highest BCUT2D eigenvalue weighted by atomic mass is 35.5. The highest BCUT2D eigenvalue weighted by molar-refractivity contribution is 7.57. The Morgan fingerprint density at radius 3 is 2.71 bits per heavy atom. The smallest absolute Gasteiger partial charge is 0.432 e. The lowest BCUT2D eigenvalue weighted by Gasteiger charge is -2.16. The molecule has 0 saturated carbocycles. The van der Waals surface area contributed by atoms with Crippen molar-refractivity contribution in [1.82, 2.24) is 9.55 Å². The van der Waals surface area contributed by atoms with Gasteiger partial charge in [0.05, 0.1) is 12.7 Å². The molecule has 1 aromatic rings. The number of nitrogens with zero attached hydrogens (tertiary/aromatic N) is 1. The van der Waals surface area contributed by atoms with Gasteiger partial charge in [0.15, 0.2) is 0 Å². The molecule has 0 aliphatic rings. The van der Waals surface area contributed by atoms with E-state index in [0.717, 1.165) is 0 Å². The van der Waals surface area contributed by atoms with E-state index in [4.69, 9.17) is 34.9 Å². The van der Waals surface area contributed by atoms with E-state index < -0.39 is 31.8 Å². The molecule has 0 aromatic carbocycles. The first-order chi connectivity index (χ1) is 14.7. The third-order valence-electron chi connectivity index (χ3n) is 3.44. The van der Waals surface area contributed by atoms with E-state index >= 15 is 0 Å². The summed E-state index contributed by atoms with van der Waals surface area (Å²) in [6.07, 6.45) is 2.10. The molecule has 0 fully saturated rings. The number of nitrogens with one attached hydrogen (secondary N) is 1. The summed E-state index contributed by atoms with van der Waals surface area (Å²) >= 11 is 5.71. The minimum absolute atomic E-state index is 0.0903. The number of allylic oxidation sites excluding steroid dienone is 1. The van der Waals surface area contributed by atoms with Crippen LogP contribution in [0.25, 0.3) is 0 Å². The molecule has 1 unspecified atom stereocenters. The topological polar surface area (TPSA) is 135 Å². The van der Waals surface area contributed by atoms with Crippen LogP contribution in [0.3, 0.4) is 0 Å². The second-order valence-electron chi connectivity index (χ2n) is 6.33. The lowest BCUT2D eigenvalue weighted by Crippen LogP contribution is -2.29. The van der Waals surface area contributed by atoms with Crippen molar-refractivity contribution in [1.29, 1.82) is 0 Å². The minimum Gasteiger partial charge on any atom is -0.432 e.